The Morgan fingerprint density at radius 2 is 2.21 bits per heavy atom. The van der Waals surface area contributed by atoms with Gasteiger partial charge in [-0.3, -0.25) is 0 Å². The summed E-state index contributed by atoms with van der Waals surface area (Å²) in [7, 11) is 0. The lowest BCUT2D eigenvalue weighted by molar-refractivity contribution is 0.329. The summed E-state index contributed by atoms with van der Waals surface area (Å²) in [6, 6.07) is 9.54. The summed E-state index contributed by atoms with van der Waals surface area (Å²) >= 11 is 0. The Labute approximate surface area is 110 Å². The van der Waals surface area contributed by atoms with Crippen molar-refractivity contribution < 1.29 is 4.74 Å². The first-order chi connectivity index (χ1) is 9.36. The van der Waals surface area contributed by atoms with E-state index in [0.29, 0.717) is 37.7 Å². The van der Waals surface area contributed by atoms with E-state index in [1.54, 1.807) is 4.68 Å². The largest absolute Gasteiger partial charge is 0.492 e. The second kappa shape index (κ2) is 6.47. The van der Waals surface area contributed by atoms with Crippen molar-refractivity contribution in [2.45, 2.75) is 13.0 Å². The number of ether oxygens (including phenoxy) is 1. The smallest absolute Gasteiger partial charge is 0.185 e. The van der Waals surface area contributed by atoms with Crippen molar-refractivity contribution in [3.63, 3.8) is 0 Å². The van der Waals surface area contributed by atoms with E-state index in [-0.39, 0.29) is 0 Å². The number of aromatic nitrogens is 4. The molecule has 0 fully saturated rings. The molecular formula is C12H14N6O. The van der Waals surface area contributed by atoms with E-state index in [1.165, 1.54) is 0 Å². The van der Waals surface area contributed by atoms with Crippen LogP contribution in [0.2, 0.25) is 0 Å². The van der Waals surface area contributed by atoms with Crippen LogP contribution in [-0.2, 0) is 6.54 Å². The monoisotopic (exact) mass is 258 g/mol. The van der Waals surface area contributed by atoms with Gasteiger partial charge >= 0.3 is 0 Å². The summed E-state index contributed by atoms with van der Waals surface area (Å²) in [6.07, 6.45) is 0.351. The molecule has 19 heavy (non-hydrogen) atoms. The first kappa shape index (κ1) is 13.0. The maximum absolute atomic E-state index is 8.63. The molecule has 0 aliphatic heterocycles. The third-order valence-electron chi connectivity index (χ3n) is 2.47. The normalized spacial score (nSPS) is 10.1. The average molecular weight is 258 g/mol. The van der Waals surface area contributed by atoms with Gasteiger partial charge in [0.25, 0.3) is 0 Å². The fourth-order valence-electron chi connectivity index (χ4n) is 1.65. The summed E-state index contributed by atoms with van der Waals surface area (Å²) in [6.45, 7) is 1.31. The Hall–Kier alpha value is -2.46. The van der Waals surface area contributed by atoms with E-state index in [9.17, 15) is 0 Å². The van der Waals surface area contributed by atoms with E-state index in [0.717, 1.165) is 5.56 Å². The van der Waals surface area contributed by atoms with Crippen LogP contribution in [0, 0.1) is 11.3 Å². The second-order valence-corrected chi connectivity index (χ2v) is 3.77. The number of nitrogens with zero attached hydrogens (tertiary/aromatic N) is 5. The fourth-order valence-corrected chi connectivity index (χ4v) is 1.65. The second-order valence-electron chi connectivity index (χ2n) is 3.77. The highest BCUT2D eigenvalue weighted by Crippen LogP contribution is 2.27. The molecule has 0 aliphatic carbocycles. The molecule has 2 rings (SSSR count). The highest BCUT2D eigenvalue weighted by Gasteiger charge is 2.13. The van der Waals surface area contributed by atoms with Crippen molar-refractivity contribution in [3.05, 3.63) is 24.3 Å². The third-order valence-corrected chi connectivity index (χ3v) is 2.47. The number of hydrogen-bond acceptors (Lipinski definition) is 6. The number of tetrazole rings is 1. The van der Waals surface area contributed by atoms with Gasteiger partial charge in [-0.1, -0.05) is 12.1 Å². The van der Waals surface area contributed by atoms with Crippen LogP contribution in [0.4, 0.5) is 0 Å². The number of aryl methyl sites for hydroxylation is 1. The molecule has 0 atom stereocenters. The topological polar surface area (TPSA) is 103 Å². The maximum Gasteiger partial charge on any atom is 0.185 e. The van der Waals surface area contributed by atoms with Crippen LogP contribution >= 0.6 is 0 Å². The predicted octanol–water partition coefficient (Wildman–Crippen LogP) is 0.591. The minimum Gasteiger partial charge on any atom is -0.492 e. The summed E-state index contributed by atoms with van der Waals surface area (Å²) in [5, 5.41) is 20.1. The zero-order valence-corrected chi connectivity index (χ0v) is 10.4. The SMILES string of the molecule is N#CCCn1nnnc1-c1ccccc1OCCN. The molecule has 1 aromatic heterocycles. The van der Waals surface area contributed by atoms with Crippen LogP contribution in [0.25, 0.3) is 11.4 Å². The zero-order valence-electron chi connectivity index (χ0n) is 10.4. The van der Waals surface area contributed by atoms with Gasteiger partial charge in [0.15, 0.2) is 5.82 Å². The van der Waals surface area contributed by atoms with E-state index >= 15 is 0 Å². The van der Waals surface area contributed by atoms with Gasteiger partial charge in [-0.2, -0.15) is 5.26 Å². The first-order valence-corrected chi connectivity index (χ1v) is 5.92. The van der Waals surface area contributed by atoms with Crippen molar-refractivity contribution in [2.24, 2.45) is 5.73 Å². The van der Waals surface area contributed by atoms with E-state index in [1.807, 2.05) is 24.3 Å². The van der Waals surface area contributed by atoms with Crippen LogP contribution < -0.4 is 10.5 Å². The third kappa shape index (κ3) is 3.05. The maximum atomic E-state index is 8.63. The lowest BCUT2D eigenvalue weighted by atomic mass is 10.2. The fraction of sp³-hybridized carbons (Fsp3) is 0.333. The first-order valence-electron chi connectivity index (χ1n) is 5.92. The average Bonchev–Trinajstić information content (AvgIpc) is 2.91. The molecule has 0 unspecified atom stereocenters. The number of benzene rings is 1. The van der Waals surface area contributed by atoms with Gasteiger partial charge in [-0.25, -0.2) is 4.68 Å². The lowest BCUT2D eigenvalue weighted by Gasteiger charge is -2.10. The zero-order chi connectivity index (χ0) is 13.5. The quantitative estimate of drug-likeness (QED) is 0.813. The molecule has 2 aromatic rings. The van der Waals surface area contributed by atoms with Gasteiger partial charge in [0.2, 0.25) is 0 Å². The van der Waals surface area contributed by atoms with Crippen molar-refractivity contribution >= 4 is 0 Å². The molecule has 0 aliphatic rings. The molecular weight excluding hydrogens is 244 g/mol. The number of nitriles is 1. The Morgan fingerprint density at radius 1 is 1.37 bits per heavy atom. The molecule has 0 bridgehead atoms. The van der Waals surface area contributed by atoms with Gasteiger partial charge in [0.1, 0.15) is 12.4 Å². The van der Waals surface area contributed by atoms with Crippen molar-refractivity contribution in [1.82, 2.24) is 20.2 Å². The molecule has 98 valence electrons. The summed E-state index contributed by atoms with van der Waals surface area (Å²) in [5.41, 5.74) is 6.22. The van der Waals surface area contributed by atoms with Crippen LogP contribution in [0.15, 0.2) is 24.3 Å². The number of hydrogen-bond donors (Lipinski definition) is 1. The van der Waals surface area contributed by atoms with Crippen molar-refractivity contribution in [1.29, 1.82) is 5.26 Å². The summed E-state index contributed by atoms with van der Waals surface area (Å²) < 4.78 is 7.16. The molecule has 1 heterocycles. The Morgan fingerprint density at radius 3 is 3.00 bits per heavy atom. The number of para-hydroxylation sites is 1. The molecule has 7 heteroatoms. The van der Waals surface area contributed by atoms with E-state index < -0.39 is 0 Å². The minimum absolute atomic E-state index is 0.351. The molecule has 0 spiro atoms. The van der Waals surface area contributed by atoms with Gasteiger partial charge in [0.05, 0.1) is 24.6 Å². The molecule has 1 aromatic carbocycles. The minimum atomic E-state index is 0.351. The number of rotatable bonds is 6. The van der Waals surface area contributed by atoms with Gasteiger partial charge < -0.3 is 10.5 Å². The van der Waals surface area contributed by atoms with Gasteiger partial charge in [-0.15, -0.1) is 5.10 Å². The Kier molecular flexibility index (Phi) is 4.42. The van der Waals surface area contributed by atoms with Crippen LogP contribution in [0.1, 0.15) is 6.42 Å². The van der Waals surface area contributed by atoms with Crippen LogP contribution in [-0.4, -0.2) is 33.4 Å². The van der Waals surface area contributed by atoms with E-state index in [4.69, 9.17) is 15.7 Å². The van der Waals surface area contributed by atoms with Crippen LogP contribution in [0.3, 0.4) is 0 Å². The van der Waals surface area contributed by atoms with Crippen molar-refractivity contribution in [3.8, 4) is 23.2 Å². The molecule has 7 nitrogen and oxygen atoms in total. The van der Waals surface area contributed by atoms with E-state index in [2.05, 4.69) is 21.6 Å². The Bertz CT molecular complexity index is 574. The molecule has 0 amide bonds. The Balaban J connectivity index is 2.31. The molecule has 0 radical (unpaired) electrons. The van der Waals surface area contributed by atoms with Gasteiger partial charge in [-0.05, 0) is 22.6 Å². The highest BCUT2D eigenvalue weighted by atomic mass is 16.5. The highest BCUT2D eigenvalue weighted by molar-refractivity contribution is 5.63. The number of nitrogens with two attached hydrogens (primary N) is 1. The molecule has 0 saturated carbocycles. The van der Waals surface area contributed by atoms with Gasteiger partial charge in [0, 0.05) is 6.54 Å². The lowest BCUT2D eigenvalue weighted by Crippen LogP contribution is -2.11. The standard InChI is InChI=1S/C12H14N6O/c13-6-3-8-18-12(15-16-17-18)10-4-1-2-5-11(10)19-9-7-14/h1-2,4-5H,3,7-9,14H2. The summed E-state index contributed by atoms with van der Waals surface area (Å²) in [4.78, 5) is 0. The summed E-state index contributed by atoms with van der Waals surface area (Å²) in [5.74, 6) is 1.27. The molecule has 0 saturated heterocycles. The molecule has 2 N–H and O–H groups in total. The van der Waals surface area contributed by atoms with Crippen LogP contribution in [0.5, 0.6) is 5.75 Å². The predicted molar refractivity (Wildman–Crippen MR) is 68.0 cm³/mol. The van der Waals surface area contributed by atoms with Crippen molar-refractivity contribution in [2.75, 3.05) is 13.2 Å².